The monoisotopic (exact) mass is 1450 g/mol. The van der Waals surface area contributed by atoms with E-state index in [1.54, 1.807) is 0 Å². The summed E-state index contributed by atoms with van der Waals surface area (Å²) in [5.41, 5.74) is 17.9. The molecule has 110 heavy (non-hydrogen) atoms. The molecule has 0 saturated heterocycles. The molecule has 8 heterocycles. The molecular weight excluding hydrogens is 1380 g/mol. The van der Waals surface area contributed by atoms with Gasteiger partial charge < -0.3 is 0 Å². The molecule has 21 rings (SSSR count). The van der Waals surface area contributed by atoms with E-state index in [-0.39, 0.29) is 5.41 Å². The first kappa shape index (κ1) is 65.7. The molecule has 0 aliphatic rings. The number of benzene rings is 13. The molecule has 0 atom stereocenters. The standard InChI is InChI=1S/C50H31N5S.C48H35N5S/c1-3-12-32(13-4-1)33-21-23-35(24-22-33)48-52-47(34-14-5-2-6-15-34)53-49(54-48)40-18-11-29-51-50(40)55-43-19-9-7-16-38(43)41-30-36(25-27-44(41)55)37-26-28-46-42(31-37)39-17-8-10-20-45(39)56-46;1-48(2,3)34-23-19-31(20-24-34)45-50-44(30-12-5-4-6-13-30)51-46(52-45)37-16-11-27-49-47(37)53-40-17-9-7-14-35(40)38-28-32(21-25-41(38)53)33-22-26-43-39(29-33)36-15-8-10-18-42(36)54-43/h1-31H;4-29H,1-3H3. The van der Waals surface area contributed by atoms with E-state index in [9.17, 15) is 0 Å². The van der Waals surface area contributed by atoms with E-state index in [1.165, 1.54) is 68.2 Å². The van der Waals surface area contributed by atoms with Crippen molar-refractivity contribution < 1.29 is 0 Å². The number of aromatic nitrogens is 10. The van der Waals surface area contributed by atoms with Crippen LogP contribution in [-0.4, -0.2) is 49.0 Å². The number of fused-ring (bicyclic) bond motifs is 12. The van der Waals surface area contributed by atoms with Crippen molar-refractivity contribution in [3.8, 4) is 113 Å². The van der Waals surface area contributed by atoms with Crippen molar-refractivity contribution in [1.82, 2.24) is 49.0 Å². The summed E-state index contributed by atoms with van der Waals surface area (Å²) in [6, 6.07) is 117. The third kappa shape index (κ3) is 11.9. The van der Waals surface area contributed by atoms with Gasteiger partial charge in [0.1, 0.15) is 11.6 Å². The quantitative estimate of drug-likeness (QED) is 0.126. The maximum Gasteiger partial charge on any atom is 0.167 e. The van der Waals surface area contributed by atoms with Crippen LogP contribution in [0.2, 0.25) is 0 Å². The SMILES string of the molecule is CC(C)(C)c1ccc(-c2nc(-c3ccccc3)nc(-c3cccnc3-n3c4ccccc4c4cc(-c5ccc6sc7ccccc7c6c5)ccc43)n2)cc1.c1ccc(-c2ccc(-c3nc(-c4ccccc4)nc(-c4cccnc4-n4c5ccccc5c5cc(-c6ccc7sc8ccccc8c7c6)ccc54)n3)cc2)cc1. The van der Waals surface area contributed by atoms with Crippen molar-refractivity contribution in [3.05, 3.63) is 352 Å². The summed E-state index contributed by atoms with van der Waals surface area (Å²) < 4.78 is 9.74. The highest BCUT2D eigenvalue weighted by Gasteiger charge is 2.25. The van der Waals surface area contributed by atoms with Crippen molar-refractivity contribution in [2.75, 3.05) is 0 Å². The van der Waals surface area contributed by atoms with Crippen LogP contribution in [-0.2, 0) is 5.41 Å². The number of nitrogens with zero attached hydrogens (tertiary/aromatic N) is 10. The van der Waals surface area contributed by atoms with E-state index < -0.39 is 0 Å². The van der Waals surface area contributed by atoms with Crippen molar-refractivity contribution >= 4 is 107 Å². The van der Waals surface area contributed by atoms with Gasteiger partial charge in [0.2, 0.25) is 0 Å². The third-order valence-corrected chi connectivity index (χ3v) is 23.1. The van der Waals surface area contributed by atoms with Crippen molar-refractivity contribution in [2.24, 2.45) is 0 Å². The Balaban J connectivity index is 0.000000144. The molecule has 0 radical (unpaired) electrons. The van der Waals surface area contributed by atoms with E-state index in [0.29, 0.717) is 34.9 Å². The van der Waals surface area contributed by atoms with E-state index in [4.69, 9.17) is 39.9 Å². The van der Waals surface area contributed by atoms with Gasteiger partial charge in [0.05, 0.1) is 33.2 Å². The molecule has 0 unspecified atom stereocenters. The van der Waals surface area contributed by atoms with Crippen molar-refractivity contribution in [3.63, 3.8) is 0 Å². The van der Waals surface area contributed by atoms with Crippen LogP contribution in [0.3, 0.4) is 0 Å². The number of thiophene rings is 2. The van der Waals surface area contributed by atoms with E-state index in [1.807, 2.05) is 114 Å². The fourth-order valence-electron chi connectivity index (χ4n) is 15.3. The number of hydrogen-bond acceptors (Lipinski definition) is 10. The van der Waals surface area contributed by atoms with Gasteiger partial charge in [-0.2, -0.15) is 0 Å². The van der Waals surface area contributed by atoms with Gasteiger partial charge in [-0.05, 0) is 141 Å². The first-order valence-electron chi connectivity index (χ1n) is 36.9. The van der Waals surface area contributed by atoms with Crippen molar-refractivity contribution in [2.45, 2.75) is 26.2 Å². The molecule has 21 aromatic rings. The molecule has 520 valence electrons. The zero-order valence-electron chi connectivity index (χ0n) is 60.2. The summed E-state index contributed by atoms with van der Waals surface area (Å²) in [6.45, 7) is 6.67. The Kier molecular flexibility index (Phi) is 16.3. The topological polar surface area (TPSA) is 113 Å². The molecule has 0 amide bonds. The molecule has 13 aromatic carbocycles. The largest absolute Gasteiger partial charge is 0.293 e. The molecule has 0 aliphatic carbocycles. The average Bonchev–Trinajstić information content (AvgIpc) is 1.58. The lowest BCUT2D eigenvalue weighted by Crippen LogP contribution is -2.10. The fraction of sp³-hybridized carbons (Fsp3) is 0.0408. The van der Waals surface area contributed by atoms with Crippen LogP contribution in [0.15, 0.2) is 346 Å². The van der Waals surface area contributed by atoms with Gasteiger partial charge in [0, 0.05) is 96.5 Å². The minimum absolute atomic E-state index is 0.0399. The number of pyridine rings is 2. The molecule has 0 fully saturated rings. The highest BCUT2D eigenvalue weighted by Crippen LogP contribution is 2.44. The molecule has 8 aromatic heterocycles. The smallest absolute Gasteiger partial charge is 0.167 e. The number of rotatable bonds is 11. The first-order valence-corrected chi connectivity index (χ1v) is 38.5. The van der Waals surface area contributed by atoms with Crippen LogP contribution in [0.4, 0.5) is 0 Å². The maximum atomic E-state index is 5.15. The Bertz CT molecular complexity index is 7120. The molecule has 0 aliphatic heterocycles. The predicted octanol–water partition coefficient (Wildman–Crippen LogP) is 25.8. The summed E-state index contributed by atoms with van der Waals surface area (Å²) in [5.74, 6) is 5.10. The Morgan fingerprint density at radius 3 is 0.955 bits per heavy atom. The third-order valence-electron chi connectivity index (χ3n) is 20.8. The zero-order valence-corrected chi connectivity index (χ0v) is 61.8. The van der Waals surface area contributed by atoms with Gasteiger partial charge >= 0.3 is 0 Å². The summed E-state index contributed by atoms with van der Waals surface area (Å²) in [7, 11) is 0. The molecule has 0 saturated carbocycles. The summed E-state index contributed by atoms with van der Waals surface area (Å²) in [4.78, 5) is 40.6. The zero-order chi connectivity index (χ0) is 73.4. The second-order valence-electron chi connectivity index (χ2n) is 28.7. The Hall–Kier alpha value is -13.8. The van der Waals surface area contributed by atoms with Gasteiger partial charge in [-0.1, -0.05) is 257 Å². The first-order chi connectivity index (χ1) is 54.1. The maximum absolute atomic E-state index is 5.15. The molecule has 0 N–H and O–H groups in total. The van der Waals surface area contributed by atoms with Crippen LogP contribution in [0.25, 0.3) is 197 Å². The highest BCUT2D eigenvalue weighted by atomic mass is 32.1. The van der Waals surface area contributed by atoms with Crippen LogP contribution in [0, 0.1) is 0 Å². The summed E-state index contributed by atoms with van der Waals surface area (Å²) in [6.07, 6.45) is 3.69. The van der Waals surface area contributed by atoms with Crippen LogP contribution in [0.5, 0.6) is 0 Å². The predicted molar refractivity (Wildman–Crippen MR) is 457 cm³/mol. The van der Waals surface area contributed by atoms with Crippen LogP contribution in [0.1, 0.15) is 26.3 Å². The van der Waals surface area contributed by atoms with Gasteiger partial charge in [0.15, 0.2) is 34.9 Å². The Morgan fingerprint density at radius 2 is 0.527 bits per heavy atom. The van der Waals surface area contributed by atoms with Gasteiger partial charge in [-0.3, -0.25) is 9.13 Å². The Morgan fingerprint density at radius 1 is 0.227 bits per heavy atom. The minimum atomic E-state index is 0.0399. The summed E-state index contributed by atoms with van der Waals surface area (Å²) in [5, 5.41) is 9.83. The fourth-order valence-corrected chi connectivity index (χ4v) is 17.5. The van der Waals surface area contributed by atoms with E-state index >= 15 is 0 Å². The molecule has 12 heteroatoms. The normalized spacial score (nSPS) is 11.8. The van der Waals surface area contributed by atoms with E-state index in [0.717, 1.165) is 99.8 Å². The van der Waals surface area contributed by atoms with Crippen molar-refractivity contribution in [1.29, 1.82) is 0 Å². The average molecular weight is 1450 g/mol. The van der Waals surface area contributed by atoms with Gasteiger partial charge in [0.25, 0.3) is 0 Å². The minimum Gasteiger partial charge on any atom is -0.293 e. The lowest BCUT2D eigenvalue weighted by Gasteiger charge is -2.19. The lowest BCUT2D eigenvalue weighted by atomic mass is 9.87. The van der Waals surface area contributed by atoms with Gasteiger partial charge in [-0.15, -0.1) is 22.7 Å². The molecule has 10 nitrogen and oxygen atoms in total. The molecule has 0 spiro atoms. The molecule has 0 bridgehead atoms. The van der Waals surface area contributed by atoms with Crippen LogP contribution < -0.4 is 0 Å². The Labute approximate surface area is 642 Å². The van der Waals surface area contributed by atoms with E-state index in [2.05, 4.69) is 285 Å². The molecular formula is C98H66N10S2. The van der Waals surface area contributed by atoms with Gasteiger partial charge in [-0.25, -0.2) is 39.9 Å². The number of hydrogen-bond donors (Lipinski definition) is 0. The second kappa shape index (κ2) is 27.2. The summed E-state index contributed by atoms with van der Waals surface area (Å²) >= 11 is 3.69. The van der Waals surface area contributed by atoms with Crippen LogP contribution >= 0.6 is 22.7 Å². The lowest BCUT2D eigenvalue weighted by molar-refractivity contribution is 0.590. The highest BCUT2D eigenvalue weighted by molar-refractivity contribution is 7.26. The number of para-hydroxylation sites is 2. The second-order valence-corrected chi connectivity index (χ2v) is 30.8.